The van der Waals surface area contributed by atoms with Gasteiger partial charge >= 0.3 is 11.9 Å². The summed E-state index contributed by atoms with van der Waals surface area (Å²) < 4.78 is 0. The average molecular weight is 645 g/mol. The SMILES string of the molecule is Cc1sc(NC(=O)[C@]23CCCC2C2CCC4C5(C)CC=C(c6ccc(C(=O)O)cc6)C(C)C5CCC4(C)[C@]2(C)CC3)nc1C(=O)O. The van der Waals surface area contributed by atoms with Gasteiger partial charge in [-0.3, -0.25) is 4.79 Å². The highest BCUT2D eigenvalue weighted by atomic mass is 32.1. The fourth-order valence-electron chi connectivity index (χ4n) is 12.3. The maximum Gasteiger partial charge on any atom is 0.355 e. The molecule has 0 spiro atoms. The lowest BCUT2D eigenvalue weighted by Crippen LogP contribution is -2.65. The number of nitrogens with zero attached hydrogens (tertiary/aromatic N) is 1. The lowest BCUT2D eigenvalue weighted by atomic mass is 9.33. The van der Waals surface area contributed by atoms with Gasteiger partial charge in [-0.2, -0.15) is 0 Å². The Balaban J connectivity index is 1.15. The number of benzene rings is 1. The third kappa shape index (κ3) is 4.34. The molecule has 0 saturated heterocycles. The van der Waals surface area contributed by atoms with Crippen molar-refractivity contribution in [2.45, 2.75) is 98.8 Å². The van der Waals surface area contributed by atoms with Crippen LogP contribution in [0.5, 0.6) is 0 Å². The molecule has 5 aliphatic rings. The molecule has 5 aliphatic carbocycles. The number of aromatic nitrogens is 1. The number of fused-ring (bicyclic) bond motifs is 7. The Kier molecular flexibility index (Phi) is 7.39. The lowest BCUT2D eigenvalue weighted by Gasteiger charge is -2.71. The van der Waals surface area contributed by atoms with Crippen molar-refractivity contribution in [3.05, 3.63) is 52.0 Å². The monoisotopic (exact) mass is 644 g/mol. The summed E-state index contributed by atoms with van der Waals surface area (Å²) in [7, 11) is 0. The third-order valence-electron chi connectivity index (χ3n) is 14.7. The molecule has 7 rings (SSSR count). The molecule has 9 atom stereocenters. The first-order valence-electron chi connectivity index (χ1n) is 17.3. The fraction of sp³-hybridized carbons (Fsp3) is 0.632. The zero-order valence-corrected chi connectivity index (χ0v) is 28.6. The van der Waals surface area contributed by atoms with E-state index in [4.69, 9.17) is 0 Å². The number of anilines is 1. The quantitative estimate of drug-likeness (QED) is 0.299. The minimum atomic E-state index is -1.05. The van der Waals surface area contributed by atoms with E-state index in [1.54, 1.807) is 19.1 Å². The number of nitrogens with one attached hydrogen (secondary N) is 1. The molecule has 8 heteroatoms. The van der Waals surface area contributed by atoms with Crippen LogP contribution in [-0.4, -0.2) is 33.0 Å². The minimum Gasteiger partial charge on any atom is -0.478 e. The van der Waals surface area contributed by atoms with Gasteiger partial charge in [0, 0.05) is 4.88 Å². The second-order valence-electron chi connectivity index (χ2n) is 16.1. The third-order valence-corrected chi connectivity index (χ3v) is 15.6. The van der Waals surface area contributed by atoms with Crippen LogP contribution in [0.3, 0.4) is 0 Å². The number of carbonyl (C=O) groups excluding carboxylic acids is 1. The van der Waals surface area contributed by atoms with E-state index in [0.29, 0.717) is 45.2 Å². The summed E-state index contributed by atoms with van der Waals surface area (Å²) >= 11 is 1.26. The normalized spacial score (nSPS) is 39.7. The predicted molar refractivity (Wildman–Crippen MR) is 180 cm³/mol. The van der Waals surface area contributed by atoms with Crippen molar-refractivity contribution < 1.29 is 24.6 Å². The van der Waals surface area contributed by atoms with E-state index >= 15 is 0 Å². The number of aryl methyl sites for hydroxylation is 1. The Labute approximate surface area is 276 Å². The van der Waals surface area contributed by atoms with Gasteiger partial charge in [0.15, 0.2) is 10.8 Å². The van der Waals surface area contributed by atoms with E-state index < -0.39 is 17.4 Å². The highest BCUT2D eigenvalue weighted by Gasteiger charge is 2.69. The van der Waals surface area contributed by atoms with Gasteiger partial charge in [-0.1, -0.05) is 52.3 Å². The van der Waals surface area contributed by atoms with Gasteiger partial charge in [-0.05, 0) is 134 Å². The zero-order chi connectivity index (χ0) is 32.8. The number of hydrogen-bond acceptors (Lipinski definition) is 5. The molecule has 0 aliphatic heterocycles. The van der Waals surface area contributed by atoms with Crippen LogP contribution in [0, 0.1) is 58.2 Å². The Morgan fingerprint density at radius 1 is 0.870 bits per heavy atom. The van der Waals surface area contributed by atoms with E-state index in [9.17, 15) is 24.6 Å². The Bertz CT molecular complexity index is 1630. The van der Waals surface area contributed by atoms with Crippen LogP contribution >= 0.6 is 11.3 Å². The molecule has 1 aromatic carbocycles. The van der Waals surface area contributed by atoms with Crippen molar-refractivity contribution in [1.29, 1.82) is 0 Å². The first-order valence-corrected chi connectivity index (χ1v) is 18.1. The van der Waals surface area contributed by atoms with Crippen molar-refractivity contribution >= 4 is 39.9 Å². The van der Waals surface area contributed by atoms with Crippen molar-refractivity contribution in [1.82, 2.24) is 4.98 Å². The molecule has 4 fully saturated rings. The van der Waals surface area contributed by atoms with Crippen LogP contribution < -0.4 is 5.32 Å². The summed E-state index contributed by atoms with van der Waals surface area (Å²) in [4.78, 5) is 42.1. The van der Waals surface area contributed by atoms with E-state index in [1.807, 2.05) is 12.1 Å². The van der Waals surface area contributed by atoms with Gasteiger partial charge in [-0.25, -0.2) is 14.6 Å². The van der Waals surface area contributed by atoms with Crippen LogP contribution in [0.25, 0.3) is 5.57 Å². The maximum absolute atomic E-state index is 14.1. The van der Waals surface area contributed by atoms with Crippen LogP contribution in [0.1, 0.15) is 123 Å². The molecular weight excluding hydrogens is 596 g/mol. The summed E-state index contributed by atoms with van der Waals surface area (Å²) in [6, 6.07) is 7.44. The Morgan fingerprint density at radius 3 is 2.28 bits per heavy atom. The number of aromatic carboxylic acids is 2. The molecule has 1 heterocycles. The van der Waals surface area contributed by atoms with Crippen molar-refractivity contribution in [2.75, 3.05) is 5.32 Å². The van der Waals surface area contributed by atoms with Crippen molar-refractivity contribution in [2.24, 2.45) is 51.2 Å². The number of thiazole rings is 1. The molecule has 3 N–H and O–H groups in total. The zero-order valence-electron chi connectivity index (χ0n) is 27.8. The Hall–Kier alpha value is -3.00. The van der Waals surface area contributed by atoms with E-state index in [2.05, 4.69) is 44.1 Å². The number of allylic oxidation sites excluding steroid dienone is 2. The number of hydrogen-bond donors (Lipinski definition) is 3. The summed E-state index contributed by atoms with van der Waals surface area (Å²) in [6.45, 7) is 11.9. The molecule has 2 aromatic rings. The molecule has 1 amide bonds. The molecule has 246 valence electrons. The second kappa shape index (κ2) is 10.8. The molecule has 0 radical (unpaired) electrons. The summed E-state index contributed by atoms with van der Waals surface area (Å²) in [5.41, 5.74) is 3.05. The van der Waals surface area contributed by atoms with Gasteiger partial charge in [0.1, 0.15) is 0 Å². The number of rotatable bonds is 5. The van der Waals surface area contributed by atoms with Crippen molar-refractivity contribution in [3.8, 4) is 0 Å². The predicted octanol–water partition coefficient (Wildman–Crippen LogP) is 8.95. The number of amides is 1. The second-order valence-corrected chi connectivity index (χ2v) is 17.3. The fourth-order valence-corrected chi connectivity index (χ4v) is 13.1. The average Bonchev–Trinajstić information content (AvgIpc) is 3.61. The van der Waals surface area contributed by atoms with Gasteiger partial charge in [0.05, 0.1) is 11.0 Å². The molecule has 0 bridgehead atoms. The molecule has 46 heavy (non-hydrogen) atoms. The highest BCUT2D eigenvalue weighted by molar-refractivity contribution is 7.16. The van der Waals surface area contributed by atoms with Gasteiger partial charge in [-0.15, -0.1) is 11.3 Å². The topological polar surface area (TPSA) is 117 Å². The summed E-state index contributed by atoms with van der Waals surface area (Å²) in [6.07, 6.45) is 13.3. The first kappa shape index (κ1) is 31.6. The lowest BCUT2D eigenvalue weighted by molar-refractivity contribution is -0.216. The van der Waals surface area contributed by atoms with Crippen LogP contribution in [0.2, 0.25) is 0 Å². The van der Waals surface area contributed by atoms with E-state index in [1.165, 1.54) is 42.6 Å². The van der Waals surface area contributed by atoms with Gasteiger partial charge in [0.2, 0.25) is 5.91 Å². The number of carboxylic acid groups (broad SMARTS) is 2. The van der Waals surface area contributed by atoms with Crippen LogP contribution in [-0.2, 0) is 4.79 Å². The molecule has 7 unspecified atom stereocenters. The van der Waals surface area contributed by atoms with E-state index in [0.717, 1.165) is 44.1 Å². The Morgan fingerprint density at radius 2 is 1.61 bits per heavy atom. The van der Waals surface area contributed by atoms with E-state index in [-0.39, 0.29) is 27.8 Å². The molecular formula is C38H48N2O5S. The van der Waals surface area contributed by atoms with Crippen LogP contribution in [0.15, 0.2) is 30.3 Å². The van der Waals surface area contributed by atoms with Gasteiger partial charge < -0.3 is 15.5 Å². The summed E-state index contributed by atoms with van der Waals surface area (Å²) in [5.74, 6) is 0.582. The highest BCUT2D eigenvalue weighted by Crippen LogP contribution is 2.76. The standard InChI is InChI=1S/C38H48N2O5S/c1-21-25(23-8-10-24(11-9-23)31(41)42)14-17-35(3)26(21)15-18-37(5)29(35)13-12-27-28-7-6-16-38(28,20-19-36(27,37)4)33(45)40-34-39-30(32(43)44)22(2)46-34/h8-11,14,21,26-29H,6-7,12-13,15-20H2,1-5H3,(H,41,42)(H,43,44)(H,39,40,45)/t21?,26?,27?,28?,29?,35?,36-,37?,38+/m1/s1. The smallest absolute Gasteiger partial charge is 0.355 e. The maximum atomic E-state index is 14.1. The number of carbonyl (C=O) groups is 3. The van der Waals surface area contributed by atoms with Crippen molar-refractivity contribution in [3.63, 3.8) is 0 Å². The molecule has 7 nitrogen and oxygen atoms in total. The number of carboxylic acids is 2. The molecule has 4 saturated carbocycles. The first-order chi connectivity index (χ1) is 21.7. The van der Waals surface area contributed by atoms with Crippen LogP contribution in [0.4, 0.5) is 5.13 Å². The summed E-state index contributed by atoms with van der Waals surface area (Å²) in [5, 5.41) is 22.4. The van der Waals surface area contributed by atoms with Gasteiger partial charge in [0.25, 0.3) is 0 Å². The molecule has 1 aromatic heterocycles. The largest absolute Gasteiger partial charge is 0.478 e. The minimum absolute atomic E-state index is 0.0300.